The number of aromatic nitrogens is 4. The Balaban J connectivity index is 2.57. The van der Waals surface area contributed by atoms with Crippen molar-refractivity contribution in [2.75, 3.05) is 6.26 Å². The number of thioether (sulfide) groups is 1. The van der Waals surface area contributed by atoms with Gasteiger partial charge in [-0.15, -0.1) is 11.8 Å². The van der Waals surface area contributed by atoms with Crippen molar-refractivity contribution in [2.24, 2.45) is 0 Å². The minimum absolute atomic E-state index is 0.918. The van der Waals surface area contributed by atoms with Crippen LogP contribution in [0.1, 0.15) is 0 Å². The predicted molar refractivity (Wildman–Crippen MR) is 61.0 cm³/mol. The molecule has 0 atom stereocenters. The van der Waals surface area contributed by atoms with Gasteiger partial charge >= 0.3 is 0 Å². The summed E-state index contributed by atoms with van der Waals surface area (Å²) in [6.45, 7) is 0. The summed E-state index contributed by atoms with van der Waals surface area (Å²) in [7, 11) is 0. The van der Waals surface area contributed by atoms with Crippen LogP contribution in [0, 0.1) is 0 Å². The van der Waals surface area contributed by atoms with Crippen molar-refractivity contribution in [1.82, 2.24) is 19.9 Å². The minimum Gasteiger partial charge on any atom is -0.346 e. The van der Waals surface area contributed by atoms with Crippen LogP contribution in [0.4, 0.5) is 0 Å². The van der Waals surface area contributed by atoms with Crippen molar-refractivity contribution in [2.45, 2.75) is 4.90 Å². The predicted octanol–water partition coefficient (Wildman–Crippen LogP) is 2.23. The van der Waals surface area contributed by atoms with E-state index in [0.717, 1.165) is 26.8 Å². The number of rotatable bonds is 1. The molecule has 0 aliphatic carbocycles. The molecule has 0 aliphatic rings. The smallest absolute Gasteiger partial charge is 0.116 e. The molecule has 0 radical (unpaired) electrons. The summed E-state index contributed by atoms with van der Waals surface area (Å²) in [5.74, 6) is 0. The van der Waals surface area contributed by atoms with Crippen LogP contribution in [-0.2, 0) is 0 Å². The lowest BCUT2D eigenvalue weighted by atomic mass is 10.2. The van der Waals surface area contributed by atoms with Gasteiger partial charge in [-0.3, -0.25) is 0 Å². The molecule has 0 bridgehead atoms. The van der Waals surface area contributed by atoms with Gasteiger partial charge in [-0.25, -0.2) is 15.0 Å². The second kappa shape index (κ2) is 3.20. The van der Waals surface area contributed by atoms with E-state index in [4.69, 9.17) is 0 Å². The Hall–Kier alpha value is -1.62. The summed E-state index contributed by atoms with van der Waals surface area (Å²) < 4.78 is 0. The van der Waals surface area contributed by atoms with E-state index in [9.17, 15) is 0 Å². The second-order valence-corrected chi connectivity index (χ2v) is 4.01. The fourth-order valence-electron chi connectivity index (χ4n) is 1.67. The number of nitrogens with one attached hydrogen (secondary N) is 1. The van der Waals surface area contributed by atoms with Gasteiger partial charge in [0.05, 0.1) is 11.8 Å². The second-order valence-electron chi connectivity index (χ2n) is 3.16. The minimum atomic E-state index is 0.918. The fraction of sp³-hybridized carbons (Fsp3) is 0.100. The first-order chi connectivity index (χ1) is 7.40. The molecule has 0 amide bonds. The first-order valence-corrected chi connectivity index (χ1v) is 5.72. The molecule has 5 heteroatoms. The van der Waals surface area contributed by atoms with Crippen molar-refractivity contribution < 1.29 is 0 Å². The molecule has 3 aromatic rings. The number of benzene rings is 1. The molecule has 4 nitrogen and oxygen atoms in total. The molecule has 0 spiro atoms. The fourth-order valence-corrected chi connectivity index (χ4v) is 2.25. The van der Waals surface area contributed by atoms with E-state index in [1.54, 1.807) is 24.4 Å². The van der Waals surface area contributed by atoms with Gasteiger partial charge in [-0.05, 0) is 12.3 Å². The van der Waals surface area contributed by atoms with Crippen LogP contribution in [0.15, 0.2) is 29.8 Å². The molecule has 1 N–H and O–H groups in total. The molecule has 0 unspecified atom stereocenters. The van der Waals surface area contributed by atoms with E-state index in [1.807, 2.05) is 12.5 Å². The van der Waals surface area contributed by atoms with Crippen LogP contribution in [0.3, 0.4) is 0 Å². The zero-order valence-electron chi connectivity index (χ0n) is 8.06. The van der Waals surface area contributed by atoms with Gasteiger partial charge in [0.1, 0.15) is 17.4 Å². The molecular weight excluding hydrogens is 208 g/mol. The van der Waals surface area contributed by atoms with Crippen LogP contribution in [0.2, 0.25) is 0 Å². The molecule has 0 fully saturated rings. The van der Waals surface area contributed by atoms with Crippen molar-refractivity contribution in [3.8, 4) is 0 Å². The van der Waals surface area contributed by atoms with Gasteiger partial charge in [0.25, 0.3) is 0 Å². The summed E-state index contributed by atoms with van der Waals surface area (Å²) in [5, 5.41) is 1.02. The number of aromatic amines is 1. The maximum Gasteiger partial charge on any atom is 0.116 e. The number of hydrogen-bond donors (Lipinski definition) is 1. The Morgan fingerprint density at radius 3 is 3.00 bits per heavy atom. The van der Waals surface area contributed by atoms with Gasteiger partial charge in [0.2, 0.25) is 0 Å². The quantitative estimate of drug-likeness (QED) is 0.634. The molecular formula is C10H8N4S. The monoisotopic (exact) mass is 216 g/mol. The summed E-state index contributed by atoms with van der Waals surface area (Å²) in [5.41, 5.74) is 2.92. The van der Waals surface area contributed by atoms with Crippen molar-refractivity contribution in [3.05, 3.63) is 24.9 Å². The third kappa shape index (κ3) is 1.20. The van der Waals surface area contributed by atoms with Crippen LogP contribution in [0.5, 0.6) is 0 Å². The van der Waals surface area contributed by atoms with Crippen molar-refractivity contribution in [1.29, 1.82) is 0 Å². The van der Waals surface area contributed by atoms with Crippen molar-refractivity contribution in [3.63, 3.8) is 0 Å². The average Bonchev–Trinajstić information content (AvgIpc) is 2.77. The van der Waals surface area contributed by atoms with Crippen LogP contribution < -0.4 is 0 Å². The standard InChI is InChI=1S/C10H8N4S/c1-15-8-2-7-6(3-11-4-12-7)9-10(8)14-5-13-9/h2-5H,1H3,(H,11,12). The SMILES string of the molecule is CSc1cc2[nH]cncc2c2ncnc12. The topological polar surface area (TPSA) is 54.5 Å². The highest BCUT2D eigenvalue weighted by atomic mass is 32.2. The molecule has 0 saturated heterocycles. The lowest BCUT2D eigenvalue weighted by molar-refractivity contribution is 1.22. The van der Waals surface area contributed by atoms with Crippen LogP contribution in [0.25, 0.3) is 21.9 Å². The van der Waals surface area contributed by atoms with E-state index in [0.29, 0.717) is 0 Å². The third-order valence-corrected chi connectivity index (χ3v) is 3.12. The summed E-state index contributed by atoms with van der Waals surface area (Å²) in [6, 6.07) is 2.08. The van der Waals surface area contributed by atoms with Gasteiger partial charge in [0, 0.05) is 16.5 Å². The zero-order chi connectivity index (χ0) is 10.3. The Morgan fingerprint density at radius 2 is 2.13 bits per heavy atom. The number of nitrogens with zero attached hydrogens (tertiary/aromatic N) is 3. The third-order valence-electron chi connectivity index (χ3n) is 2.37. The highest BCUT2D eigenvalue weighted by Gasteiger charge is 2.08. The Labute approximate surface area is 90.2 Å². The first-order valence-electron chi connectivity index (χ1n) is 4.50. The Kier molecular flexibility index (Phi) is 1.85. The van der Waals surface area contributed by atoms with Gasteiger partial charge < -0.3 is 4.98 Å². The summed E-state index contributed by atoms with van der Waals surface area (Å²) in [4.78, 5) is 16.9. The van der Waals surface area contributed by atoms with E-state index in [-0.39, 0.29) is 0 Å². The Morgan fingerprint density at radius 1 is 1.27 bits per heavy atom. The normalized spacial score (nSPS) is 11.3. The summed E-state index contributed by atoms with van der Waals surface area (Å²) in [6.07, 6.45) is 7.12. The van der Waals surface area contributed by atoms with Crippen LogP contribution >= 0.6 is 11.8 Å². The molecule has 74 valence electrons. The molecule has 15 heavy (non-hydrogen) atoms. The van der Waals surface area contributed by atoms with E-state index >= 15 is 0 Å². The summed E-state index contributed by atoms with van der Waals surface area (Å²) >= 11 is 1.67. The maximum absolute atomic E-state index is 4.27. The number of fused-ring (bicyclic) bond motifs is 3. The van der Waals surface area contributed by atoms with Crippen LogP contribution in [-0.4, -0.2) is 26.2 Å². The van der Waals surface area contributed by atoms with Gasteiger partial charge in [0.15, 0.2) is 0 Å². The maximum atomic E-state index is 4.27. The first kappa shape index (κ1) is 8.67. The van der Waals surface area contributed by atoms with E-state index < -0.39 is 0 Å². The highest BCUT2D eigenvalue weighted by molar-refractivity contribution is 7.98. The number of H-pyrrole nitrogens is 1. The van der Waals surface area contributed by atoms with Crippen molar-refractivity contribution >= 4 is 33.7 Å². The zero-order valence-corrected chi connectivity index (χ0v) is 8.88. The number of imidazole rings is 1. The molecule has 0 aliphatic heterocycles. The highest BCUT2D eigenvalue weighted by Crippen LogP contribution is 2.29. The number of hydrogen-bond acceptors (Lipinski definition) is 4. The molecule has 3 rings (SSSR count). The Bertz CT molecular complexity index is 631. The van der Waals surface area contributed by atoms with E-state index in [2.05, 4.69) is 26.0 Å². The van der Waals surface area contributed by atoms with Gasteiger partial charge in [-0.2, -0.15) is 0 Å². The molecule has 2 heterocycles. The average molecular weight is 216 g/mol. The molecule has 1 aromatic carbocycles. The molecule has 2 aromatic heterocycles. The van der Waals surface area contributed by atoms with Gasteiger partial charge in [-0.1, -0.05) is 0 Å². The lowest BCUT2D eigenvalue weighted by Crippen LogP contribution is -1.84. The van der Waals surface area contributed by atoms with E-state index in [1.165, 1.54) is 0 Å². The largest absolute Gasteiger partial charge is 0.346 e. The molecule has 0 saturated carbocycles. The lowest BCUT2D eigenvalue weighted by Gasteiger charge is -2.02.